The van der Waals surface area contributed by atoms with Gasteiger partial charge in [-0.3, -0.25) is 0 Å². The van der Waals surface area contributed by atoms with E-state index in [1.54, 1.807) is 0 Å². The lowest BCUT2D eigenvalue weighted by atomic mass is 9.92. The first kappa shape index (κ1) is 21.6. The third kappa shape index (κ3) is 4.39. The van der Waals surface area contributed by atoms with Gasteiger partial charge in [-0.2, -0.15) is 0 Å². The van der Waals surface area contributed by atoms with Gasteiger partial charge in [-0.1, -0.05) is 76.2 Å². The van der Waals surface area contributed by atoms with Crippen LogP contribution in [-0.4, -0.2) is 25.0 Å². The molecule has 0 saturated carbocycles. The normalized spacial score (nSPS) is 21.2. The van der Waals surface area contributed by atoms with Crippen molar-refractivity contribution >= 4 is 11.8 Å². The summed E-state index contributed by atoms with van der Waals surface area (Å²) in [5.74, 6) is 2.47. The molecule has 4 heteroatoms. The van der Waals surface area contributed by atoms with Crippen molar-refractivity contribution in [3.8, 4) is 0 Å². The zero-order valence-electron chi connectivity index (χ0n) is 19.6. The molecule has 0 amide bonds. The smallest absolute Gasteiger partial charge is 0.199 e. The van der Waals surface area contributed by atoms with E-state index in [0.717, 1.165) is 0 Å². The minimum Gasteiger partial charge on any atom is -0.478 e. The molecule has 0 aliphatic carbocycles. The van der Waals surface area contributed by atoms with Gasteiger partial charge in [0.25, 0.3) is 0 Å². The molecule has 2 heterocycles. The lowest BCUT2D eigenvalue weighted by molar-refractivity contribution is 0.265. The molecule has 0 N–H and O–H groups in total. The van der Waals surface area contributed by atoms with E-state index >= 15 is 0 Å². The molecule has 0 saturated heterocycles. The fraction of sp³-hybridized carbons (Fsp3) is 0.481. The number of rotatable bonds is 6. The molecule has 2 aromatic carbocycles. The van der Waals surface area contributed by atoms with Crippen LogP contribution in [0.5, 0.6) is 0 Å². The van der Waals surface area contributed by atoms with Crippen molar-refractivity contribution in [1.82, 2.24) is 0 Å². The summed E-state index contributed by atoms with van der Waals surface area (Å²) in [6, 6.07) is 17.5. The third-order valence-electron chi connectivity index (χ3n) is 6.35. The zero-order chi connectivity index (χ0) is 22.2. The zero-order valence-corrected chi connectivity index (χ0v) is 19.6. The van der Waals surface area contributed by atoms with E-state index in [9.17, 15) is 0 Å². The molecule has 0 aromatic heterocycles. The fourth-order valence-corrected chi connectivity index (χ4v) is 4.07. The number of hydrogen-bond acceptors (Lipinski definition) is 4. The molecule has 164 valence electrons. The van der Waals surface area contributed by atoms with E-state index in [1.165, 1.54) is 22.3 Å². The summed E-state index contributed by atoms with van der Waals surface area (Å²) in [5, 5.41) is 0. The summed E-state index contributed by atoms with van der Waals surface area (Å²) in [6.45, 7) is 14.1. The first-order valence-electron chi connectivity index (χ1n) is 11.4. The molecule has 0 bridgehead atoms. The molecule has 4 nitrogen and oxygen atoms in total. The van der Waals surface area contributed by atoms with Crippen LogP contribution in [0.1, 0.15) is 87.7 Å². The fourth-order valence-electron chi connectivity index (χ4n) is 4.07. The topological polar surface area (TPSA) is 43.2 Å². The Morgan fingerprint density at radius 3 is 1.35 bits per heavy atom. The molecule has 0 radical (unpaired) electrons. The van der Waals surface area contributed by atoms with Crippen LogP contribution in [0.25, 0.3) is 0 Å². The molecular formula is C27H34N2O2. The van der Waals surface area contributed by atoms with E-state index < -0.39 is 5.41 Å². The Bertz CT molecular complexity index is 890. The standard InChI is InChI=1S/C27H34N2O2/c1-17(2)19-7-11-21(12-8-19)23-15-30-25(28-23)27(5,6)26-29-24(16-31-26)22-13-9-20(10-14-22)18(3)4/h7-14,17-18,23-24H,15-16H2,1-6H3/t23-,24-/m0/s1. The quantitative estimate of drug-likeness (QED) is 0.530. The van der Waals surface area contributed by atoms with Gasteiger partial charge < -0.3 is 9.47 Å². The molecule has 4 rings (SSSR count). The summed E-state index contributed by atoms with van der Waals surface area (Å²) >= 11 is 0. The maximum Gasteiger partial charge on any atom is 0.199 e. The number of benzene rings is 2. The first-order chi connectivity index (χ1) is 14.8. The van der Waals surface area contributed by atoms with Gasteiger partial charge >= 0.3 is 0 Å². The number of nitrogens with zero attached hydrogens (tertiary/aromatic N) is 2. The highest BCUT2D eigenvalue weighted by Gasteiger charge is 2.41. The number of hydrogen-bond donors (Lipinski definition) is 0. The Morgan fingerprint density at radius 2 is 1.03 bits per heavy atom. The highest BCUT2D eigenvalue weighted by atomic mass is 16.5. The van der Waals surface area contributed by atoms with Crippen LogP contribution >= 0.6 is 0 Å². The molecule has 31 heavy (non-hydrogen) atoms. The van der Waals surface area contributed by atoms with E-state index in [0.29, 0.717) is 36.8 Å². The van der Waals surface area contributed by atoms with Crippen molar-refractivity contribution < 1.29 is 9.47 Å². The Kier molecular flexibility index (Phi) is 5.92. The number of aliphatic imine (C=N–C) groups is 2. The van der Waals surface area contributed by atoms with Crippen LogP contribution in [0.4, 0.5) is 0 Å². The Hall–Kier alpha value is -2.62. The summed E-state index contributed by atoms with van der Waals surface area (Å²) in [7, 11) is 0. The van der Waals surface area contributed by atoms with Crippen LogP contribution in [0, 0.1) is 5.41 Å². The SMILES string of the molecule is CC(C)c1ccc([C@@H]2COC(C(C)(C)C3=N[C@H](c4ccc(C(C)C)cc4)CO3)=N2)cc1. The number of ether oxygens (including phenoxy) is 2. The van der Waals surface area contributed by atoms with Gasteiger partial charge in [0.2, 0.25) is 0 Å². The second-order valence-electron chi connectivity index (χ2n) is 9.79. The highest BCUT2D eigenvalue weighted by Crippen LogP contribution is 2.36. The molecule has 0 unspecified atom stereocenters. The van der Waals surface area contributed by atoms with E-state index in [2.05, 4.69) is 90.1 Å². The lowest BCUT2D eigenvalue weighted by Crippen LogP contribution is -2.34. The van der Waals surface area contributed by atoms with Crippen LogP contribution in [-0.2, 0) is 9.47 Å². The van der Waals surface area contributed by atoms with Gasteiger partial charge in [-0.25, -0.2) is 9.98 Å². The second-order valence-corrected chi connectivity index (χ2v) is 9.79. The largest absolute Gasteiger partial charge is 0.478 e. The van der Waals surface area contributed by atoms with Crippen LogP contribution in [0.15, 0.2) is 58.5 Å². The van der Waals surface area contributed by atoms with Gasteiger partial charge in [0.1, 0.15) is 30.7 Å². The second kappa shape index (κ2) is 8.49. The Balaban J connectivity index is 1.50. The van der Waals surface area contributed by atoms with Crippen LogP contribution < -0.4 is 0 Å². The lowest BCUT2D eigenvalue weighted by Gasteiger charge is -2.22. The highest BCUT2D eigenvalue weighted by molar-refractivity contribution is 6.05. The minimum atomic E-state index is -0.487. The molecule has 0 fully saturated rings. The molecule has 2 atom stereocenters. The van der Waals surface area contributed by atoms with Crippen molar-refractivity contribution in [2.24, 2.45) is 15.4 Å². The Labute approximate surface area is 186 Å². The van der Waals surface area contributed by atoms with Gasteiger partial charge in [0.15, 0.2) is 11.8 Å². The van der Waals surface area contributed by atoms with Crippen LogP contribution in [0.2, 0.25) is 0 Å². The average molecular weight is 419 g/mol. The van der Waals surface area contributed by atoms with Crippen LogP contribution in [0.3, 0.4) is 0 Å². The predicted octanol–water partition coefficient (Wildman–Crippen LogP) is 6.60. The van der Waals surface area contributed by atoms with Crippen molar-refractivity contribution in [3.63, 3.8) is 0 Å². The Morgan fingerprint density at radius 1 is 0.677 bits per heavy atom. The van der Waals surface area contributed by atoms with Gasteiger partial charge in [0.05, 0.1) is 0 Å². The van der Waals surface area contributed by atoms with Crippen molar-refractivity contribution in [3.05, 3.63) is 70.8 Å². The molecule has 0 spiro atoms. The van der Waals surface area contributed by atoms with Gasteiger partial charge in [-0.05, 0) is 47.9 Å². The average Bonchev–Trinajstić information content (AvgIpc) is 3.45. The summed E-state index contributed by atoms with van der Waals surface area (Å²) in [6.07, 6.45) is 0. The first-order valence-corrected chi connectivity index (χ1v) is 11.4. The molecule has 2 aliphatic heterocycles. The maximum absolute atomic E-state index is 6.05. The monoisotopic (exact) mass is 418 g/mol. The summed E-state index contributed by atoms with van der Waals surface area (Å²) in [5.41, 5.74) is 4.57. The maximum atomic E-state index is 6.05. The van der Waals surface area contributed by atoms with Crippen molar-refractivity contribution in [2.75, 3.05) is 13.2 Å². The molecule has 2 aliphatic rings. The minimum absolute atomic E-state index is 0.0249. The van der Waals surface area contributed by atoms with Gasteiger partial charge in [-0.15, -0.1) is 0 Å². The summed E-state index contributed by atoms with van der Waals surface area (Å²) in [4.78, 5) is 9.82. The summed E-state index contributed by atoms with van der Waals surface area (Å²) < 4.78 is 12.1. The predicted molar refractivity (Wildman–Crippen MR) is 127 cm³/mol. The van der Waals surface area contributed by atoms with E-state index in [-0.39, 0.29) is 12.1 Å². The third-order valence-corrected chi connectivity index (χ3v) is 6.35. The van der Waals surface area contributed by atoms with E-state index in [4.69, 9.17) is 19.5 Å². The van der Waals surface area contributed by atoms with Gasteiger partial charge in [0, 0.05) is 0 Å². The van der Waals surface area contributed by atoms with E-state index in [1.807, 2.05) is 0 Å². The molecular weight excluding hydrogens is 384 g/mol. The van der Waals surface area contributed by atoms with Crippen molar-refractivity contribution in [2.45, 2.75) is 65.5 Å². The molecule has 2 aromatic rings. The van der Waals surface area contributed by atoms with Crippen molar-refractivity contribution in [1.29, 1.82) is 0 Å².